The molecule has 30 heavy (non-hydrogen) atoms. The Morgan fingerprint density at radius 2 is 2.10 bits per heavy atom. The number of benzene rings is 1. The Morgan fingerprint density at radius 3 is 2.77 bits per heavy atom. The number of rotatable bonds is 4. The molecule has 1 amide bonds. The van der Waals surface area contributed by atoms with Gasteiger partial charge in [0, 0.05) is 47.0 Å². The van der Waals surface area contributed by atoms with Crippen molar-refractivity contribution in [2.45, 2.75) is 31.7 Å². The van der Waals surface area contributed by atoms with E-state index in [4.69, 9.17) is 4.74 Å². The highest BCUT2D eigenvalue weighted by molar-refractivity contribution is 7.99. The quantitative estimate of drug-likeness (QED) is 0.641. The summed E-state index contributed by atoms with van der Waals surface area (Å²) in [6, 6.07) is 7.41. The Balaban J connectivity index is 1.89. The molecule has 0 saturated carbocycles. The smallest absolute Gasteiger partial charge is 0.343 e. The first-order valence-electron chi connectivity index (χ1n) is 9.66. The van der Waals surface area contributed by atoms with E-state index in [1.807, 2.05) is 16.7 Å². The number of nitrogens with one attached hydrogen (secondary N) is 1. The van der Waals surface area contributed by atoms with E-state index in [9.17, 15) is 14.4 Å². The highest BCUT2D eigenvalue weighted by Crippen LogP contribution is 2.42. The van der Waals surface area contributed by atoms with Crippen LogP contribution in [0.5, 0.6) is 0 Å². The lowest BCUT2D eigenvalue weighted by atomic mass is 10.0. The van der Waals surface area contributed by atoms with Gasteiger partial charge in [-0.3, -0.25) is 9.59 Å². The number of carbonyl (C=O) groups excluding carboxylic acids is 2. The van der Waals surface area contributed by atoms with Crippen LogP contribution in [-0.4, -0.2) is 33.8 Å². The third kappa shape index (κ3) is 3.47. The minimum Gasteiger partial charge on any atom is -0.462 e. The fourth-order valence-corrected chi connectivity index (χ4v) is 4.85. The molecule has 2 aromatic heterocycles. The van der Waals surface area contributed by atoms with E-state index >= 15 is 0 Å². The van der Waals surface area contributed by atoms with Crippen molar-refractivity contribution in [3.63, 3.8) is 0 Å². The van der Waals surface area contributed by atoms with Crippen LogP contribution >= 0.6 is 11.8 Å². The number of amides is 1. The number of anilines is 1. The first-order valence-corrected chi connectivity index (χ1v) is 10.6. The summed E-state index contributed by atoms with van der Waals surface area (Å²) in [4.78, 5) is 41.8. The van der Waals surface area contributed by atoms with Gasteiger partial charge in [0.25, 0.3) is 0 Å². The van der Waals surface area contributed by atoms with Gasteiger partial charge < -0.3 is 14.6 Å². The number of nitrogens with zero attached hydrogens (tertiary/aromatic N) is 2. The van der Waals surface area contributed by atoms with Gasteiger partial charge in [0.1, 0.15) is 11.4 Å². The van der Waals surface area contributed by atoms with Gasteiger partial charge in [-0.25, -0.2) is 9.78 Å². The van der Waals surface area contributed by atoms with Crippen molar-refractivity contribution in [1.29, 1.82) is 0 Å². The van der Waals surface area contributed by atoms with Crippen LogP contribution in [-0.2, 0) is 9.53 Å². The van der Waals surface area contributed by atoms with Crippen molar-refractivity contribution in [3.8, 4) is 11.1 Å². The van der Waals surface area contributed by atoms with Gasteiger partial charge in [-0.15, -0.1) is 11.8 Å². The van der Waals surface area contributed by atoms with E-state index in [2.05, 4.69) is 17.2 Å². The topological polar surface area (TPSA) is 90.3 Å². The monoisotopic (exact) mass is 423 g/mol. The lowest BCUT2D eigenvalue weighted by Crippen LogP contribution is -2.24. The van der Waals surface area contributed by atoms with Crippen molar-refractivity contribution in [2.24, 2.45) is 0 Å². The SMILES string of the molecule is CCOC(=O)c1cn2c3c(c(-c4ccc(NC(C)=O)nc4)ccc3c1=O)SC[C@@H]2C. The van der Waals surface area contributed by atoms with Gasteiger partial charge in [0.2, 0.25) is 11.3 Å². The molecule has 1 aliphatic rings. The molecule has 1 aliphatic heterocycles. The molecule has 154 valence electrons. The molecule has 4 rings (SSSR count). The number of esters is 1. The predicted octanol–water partition coefficient (Wildman–Crippen LogP) is 3.87. The van der Waals surface area contributed by atoms with Crippen LogP contribution in [0.25, 0.3) is 22.0 Å². The lowest BCUT2D eigenvalue weighted by molar-refractivity contribution is -0.114. The number of hydrogen-bond acceptors (Lipinski definition) is 6. The molecule has 0 saturated heterocycles. The molecular formula is C22H21N3O4S. The molecule has 0 bridgehead atoms. The minimum absolute atomic E-state index is 0.0585. The average Bonchev–Trinajstić information content (AvgIpc) is 2.72. The van der Waals surface area contributed by atoms with Crippen molar-refractivity contribution >= 4 is 40.4 Å². The number of carbonyl (C=O) groups is 2. The highest BCUT2D eigenvalue weighted by Gasteiger charge is 2.26. The maximum Gasteiger partial charge on any atom is 0.343 e. The van der Waals surface area contributed by atoms with Crippen molar-refractivity contribution in [1.82, 2.24) is 9.55 Å². The molecule has 0 spiro atoms. The van der Waals surface area contributed by atoms with Gasteiger partial charge >= 0.3 is 5.97 Å². The Hall–Kier alpha value is -3.13. The van der Waals surface area contributed by atoms with Crippen molar-refractivity contribution < 1.29 is 14.3 Å². The Kier molecular flexibility index (Phi) is 5.34. The number of ether oxygens (including phenoxy) is 1. The van der Waals surface area contributed by atoms with Crippen LogP contribution in [0.3, 0.4) is 0 Å². The van der Waals surface area contributed by atoms with Gasteiger partial charge in [0.15, 0.2) is 0 Å². The van der Waals surface area contributed by atoms with Crippen LogP contribution in [0.2, 0.25) is 0 Å². The summed E-state index contributed by atoms with van der Waals surface area (Å²) >= 11 is 1.69. The van der Waals surface area contributed by atoms with Crippen LogP contribution in [0, 0.1) is 0 Å². The molecule has 8 heteroatoms. The maximum absolute atomic E-state index is 13.0. The van der Waals surface area contributed by atoms with Crippen molar-refractivity contribution in [3.05, 3.63) is 52.4 Å². The highest BCUT2D eigenvalue weighted by atomic mass is 32.2. The molecule has 1 N–H and O–H groups in total. The molecule has 1 aromatic carbocycles. The van der Waals surface area contributed by atoms with E-state index < -0.39 is 5.97 Å². The third-order valence-corrected chi connectivity index (χ3v) is 6.32. The molecule has 1 atom stereocenters. The van der Waals surface area contributed by atoms with E-state index in [0.29, 0.717) is 11.2 Å². The summed E-state index contributed by atoms with van der Waals surface area (Å²) in [7, 11) is 0. The summed E-state index contributed by atoms with van der Waals surface area (Å²) in [6.45, 7) is 5.43. The molecule has 0 aliphatic carbocycles. The number of hydrogen-bond donors (Lipinski definition) is 1. The molecule has 3 heterocycles. The Morgan fingerprint density at radius 1 is 1.30 bits per heavy atom. The van der Waals surface area contributed by atoms with Crippen LogP contribution in [0.4, 0.5) is 5.82 Å². The third-order valence-electron chi connectivity index (χ3n) is 4.96. The second-order valence-electron chi connectivity index (χ2n) is 7.11. The number of thioether (sulfide) groups is 1. The molecule has 0 radical (unpaired) electrons. The zero-order valence-electron chi connectivity index (χ0n) is 16.9. The number of aromatic nitrogens is 2. The second kappa shape index (κ2) is 7.95. The summed E-state index contributed by atoms with van der Waals surface area (Å²) < 4.78 is 7.07. The first-order chi connectivity index (χ1) is 14.4. The summed E-state index contributed by atoms with van der Waals surface area (Å²) in [5.41, 5.74) is 2.40. The maximum atomic E-state index is 13.0. The molecule has 3 aromatic rings. The zero-order valence-corrected chi connectivity index (χ0v) is 17.7. The van der Waals surface area contributed by atoms with Gasteiger partial charge in [0.05, 0.1) is 12.1 Å². The molecule has 7 nitrogen and oxygen atoms in total. The zero-order chi connectivity index (χ0) is 21.4. The fourth-order valence-electron chi connectivity index (χ4n) is 3.59. The second-order valence-corrected chi connectivity index (χ2v) is 8.14. The fraction of sp³-hybridized carbons (Fsp3) is 0.273. The summed E-state index contributed by atoms with van der Waals surface area (Å²) in [6.07, 6.45) is 3.33. The van der Waals surface area contributed by atoms with E-state index in [-0.39, 0.29) is 29.5 Å². The lowest BCUT2D eigenvalue weighted by Gasteiger charge is -2.27. The van der Waals surface area contributed by atoms with Crippen LogP contribution in [0.15, 0.2) is 46.3 Å². The molecular weight excluding hydrogens is 402 g/mol. The predicted molar refractivity (Wildman–Crippen MR) is 117 cm³/mol. The van der Waals surface area contributed by atoms with E-state index in [0.717, 1.165) is 27.3 Å². The normalized spacial score (nSPS) is 15.1. The van der Waals surface area contributed by atoms with Gasteiger partial charge in [-0.05, 0) is 37.6 Å². The van der Waals surface area contributed by atoms with Crippen molar-refractivity contribution in [2.75, 3.05) is 17.7 Å². The summed E-state index contributed by atoms with van der Waals surface area (Å²) in [5.74, 6) is 0.517. The minimum atomic E-state index is -0.595. The largest absolute Gasteiger partial charge is 0.462 e. The molecule has 0 fully saturated rings. The summed E-state index contributed by atoms with van der Waals surface area (Å²) in [5, 5.41) is 3.16. The standard InChI is InChI=1S/C22H21N3O4S/c1-4-29-22(28)17-10-25-12(2)11-30-21-15(6-7-16(19(21)25)20(17)27)14-5-8-18(23-9-14)24-13(3)26/h5-10,12H,4,11H2,1-3H3,(H,23,24,26)/t12-/m0/s1. The average molecular weight is 423 g/mol. The van der Waals surface area contributed by atoms with E-state index in [1.54, 1.807) is 43.2 Å². The first kappa shape index (κ1) is 20.2. The Labute approximate surface area is 177 Å². The number of pyridine rings is 2. The molecule has 0 unspecified atom stereocenters. The van der Waals surface area contributed by atoms with Gasteiger partial charge in [-0.1, -0.05) is 6.07 Å². The van der Waals surface area contributed by atoms with E-state index in [1.165, 1.54) is 6.92 Å². The van der Waals surface area contributed by atoms with Gasteiger partial charge in [-0.2, -0.15) is 0 Å². The van der Waals surface area contributed by atoms with Crippen LogP contribution in [0.1, 0.15) is 37.2 Å². The van der Waals surface area contributed by atoms with Crippen LogP contribution < -0.4 is 10.7 Å². The Bertz CT molecular complexity index is 1220.